The van der Waals surface area contributed by atoms with Gasteiger partial charge in [0.1, 0.15) is 17.4 Å². The van der Waals surface area contributed by atoms with E-state index in [9.17, 15) is 18.8 Å². The van der Waals surface area contributed by atoms with Gasteiger partial charge < -0.3 is 15.6 Å². The summed E-state index contributed by atoms with van der Waals surface area (Å²) in [6.07, 6.45) is 0.586. The first-order valence-corrected chi connectivity index (χ1v) is 10.3. The molecule has 0 aliphatic rings. The second kappa shape index (κ2) is 10.4. The van der Waals surface area contributed by atoms with Crippen molar-refractivity contribution in [3.05, 3.63) is 98.2 Å². The summed E-state index contributed by atoms with van der Waals surface area (Å²) < 4.78 is 13.0. The maximum absolute atomic E-state index is 13.0. The Labute approximate surface area is 190 Å². The first-order valence-electron chi connectivity index (χ1n) is 10.3. The van der Waals surface area contributed by atoms with Crippen LogP contribution < -0.4 is 16.2 Å². The maximum atomic E-state index is 13.0. The quantitative estimate of drug-likeness (QED) is 0.515. The van der Waals surface area contributed by atoms with E-state index in [4.69, 9.17) is 5.26 Å². The summed E-state index contributed by atoms with van der Waals surface area (Å²) in [5.41, 5.74) is 3.35. The lowest BCUT2D eigenvalue weighted by molar-refractivity contribution is -0.121. The summed E-state index contributed by atoms with van der Waals surface area (Å²) in [5.74, 6) is -0.959. The Kier molecular flexibility index (Phi) is 7.36. The van der Waals surface area contributed by atoms with E-state index in [1.54, 1.807) is 32.0 Å². The normalized spacial score (nSPS) is 10.4. The Morgan fingerprint density at radius 1 is 1.12 bits per heavy atom. The highest BCUT2D eigenvalue weighted by atomic mass is 19.1. The fourth-order valence-electron chi connectivity index (χ4n) is 3.51. The minimum Gasteiger partial charge on any atom is -0.352 e. The molecule has 2 aromatic carbocycles. The molecule has 0 unspecified atom stereocenters. The van der Waals surface area contributed by atoms with Gasteiger partial charge in [-0.25, -0.2) is 4.39 Å². The van der Waals surface area contributed by atoms with E-state index >= 15 is 0 Å². The van der Waals surface area contributed by atoms with Crippen LogP contribution in [0, 0.1) is 31.0 Å². The van der Waals surface area contributed by atoms with E-state index in [2.05, 4.69) is 15.6 Å². The van der Waals surface area contributed by atoms with Crippen LogP contribution in [0.2, 0.25) is 0 Å². The number of nitrogens with one attached hydrogen (secondary N) is 3. The molecule has 1 aromatic heterocycles. The summed E-state index contributed by atoms with van der Waals surface area (Å²) in [6.45, 7) is 3.72. The summed E-state index contributed by atoms with van der Waals surface area (Å²) >= 11 is 0. The molecule has 0 radical (unpaired) electrons. The molecule has 0 fully saturated rings. The van der Waals surface area contributed by atoms with Gasteiger partial charge in [0, 0.05) is 29.9 Å². The Hall–Kier alpha value is -4.25. The van der Waals surface area contributed by atoms with Gasteiger partial charge in [-0.05, 0) is 73.4 Å². The number of aryl methyl sites for hydroxylation is 1. The molecular weight excluding hydrogens is 423 g/mol. The molecule has 0 aliphatic carbocycles. The van der Waals surface area contributed by atoms with Gasteiger partial charge in [-0.3, -0.25) is 14.4 Å². The molecule has 0 saturated heterocycles. The fraction of sp³-hybridized carbons (Fsp3) is 0.200. The van der Waals surface area contributed by atoms with Crippen LogP contribution in [0.25, 0.3) is 0 Å². The van der Waals surface area contributed by atoms with Crippen LogP contribution >= 0.6 is 0 Å². The predicted molar refractivity (Wildman–Crippen MR) is 122 cm³/mol. The topological polar surface area (TPSA) is 115 Å². The molecule has 3 aromatic rings. The van der Waals surface area contributed by atoms with Gasteiger partial charge in [-0.1, -0.05) is 12.1 Å². The van der Waals surface area contributed by atoms with Crippen LogP contribution in [0.1, 0.15) is 44.7 Å². The number of halogens is 1. The number of carbonyl (C=O) groups excluding carboxylic acids is 2. The monoisotopic (exact) mass is 446 g/mol. The lowest BCUT2D eigenvalue weighted by atomic mass is 9.99. The number of benzene rings is 2. The molecule has 3 N–H and O–H groups in total. The molecular formula is C25H23FN4O3. The number of carbonyl (C=O) groups is 2. The van der Waals surface area contributed by atoms with Crippen molar-refractivity contribution in [3.8, 4) is 6.07 Å². The summed E-state index contributed by atoms with van der Waals surface area (Å²) in [6, 6.07) is 14.2. The molecule has 0 saturated carbocycles. The number of amides is 2. The highest BCUT2D eigenvalue weighted by Crippen LogP contribution is 2.16. The molecule has 0 atom stereocenters. The average molecular weight is 446 g/mol. The SMILES string of the molecule is Cc1[nH]c(=O)c(C#N)c(C)c1CCC(=O)NCc1cccc(NC(=O)c2ccc(F)cc2)c1. The lowest BCUT2D eigenvalue weighted by Crippen LogP contribution is -2.24. The third-order valence-corrected chi connectivity index (χ3v) is 5.30. The molecule has 0 bridgehead atoms. The summed E-state index contributed by atoms with van der Waals surface area (Å²) in [5, 5.41) is 14.8. The molecule has 3 rings (SSSR count). The van der Waals surface area contributed by atoms with Crippen LogP contribution in [-0.2, 0) is 17.8 Å². The van der Waals surface area contributed by atoms with Crippen molar-refractivity contribution in [1.29, 1.82) is 5.26 Å². The van der Waals surface area contributed by atoms with E-state index in [0.717, 1.165) is 11.1 Å². The molecule has 8 heteroatoms. The van der Waals surface area contributed by atoms with E-state index in [1.807, 2.05) is 12.1 Å². The highest BCUT2D eigenvalue weighted by molar-refractivity contribution is 6.04. The number of nitrogens with zero attached hydrogens (tertiary/aromatic N) is 1. The first kappa shape index (κ1) is 23.4. The van der Waals surface area contributed by atoms with Gasteiger partial charge in [0.2, 0.25) is 5.91 Å². The number of H-pyrrole nitrogens is 1. The Bertz CT molecular complexity index is 1290. The van der Waals surface area contributed by atoms with Crippen LogP contribution in [0.3, 0.4) is 0 Å². The van der Waals surface area contributed by atoms with Crippen molar-refractivity contribution in [1.82, 2.24) is 10.3 Å². The zero-order chi connectivity index (χ0) is 24.0. The van der Waals surface area contributed by atoms with Gasteiger partial charge in [0.25, 0.3) is 11.5 Å². The Balaban J connectivity index is 1.57. The van der Waals surface area contributed by atoms with Gasteiger partial charge in [0.15, 0.2) is 0 Å². The van der Waals surface area contributed by atoms with Gasteiger partial charge in [-0.2, -0.15) is 5.26 Å². The number of anilines is 1. The van der Waals surface area contributed by atoms with Crippen LogP contribution in [-0.4, -0.2) is 16.8 Å². The van der Waals surface area contributed by atoms with Gasteiger partial charge in [-0.15, -0.1) is 0 Å². The van der Waals surface area contributed by atoms with Crippen molar-refractivity contribution >= 4 is 17.5 Å². The highest BCUT2D eigenvalue weighted by Gasteiger charge is 2.13. The second-order valence-corrected chi connectivity index (χ2v) is 7.61. The number of nitriles is 1. The van der Waals surface area contributed by atoms with Crippen LogP contribution in [0.4, 0.5) is 10.1 Å². The molecule has 33 heavy (non-hydrogen) atoms. The van der Waals surface area contributed by atoms with E-state index < -0.39 is 11.4 Å². The number of hydrogen-bond acceptors (Lipinski definition) is 4. The molecule has 0 aliphatic heterocycles. The maximum Gasteiger partial charge on any atom is 0.266 e. The molecule has 0 spiro atoms. The Morgan fingerprint density at radius 2 is 1.85 bits per heavy atom. The lowest BCUT2D eigenvalue weighted by Gasteiger charge is -2.11. The Morgan fingerprint density at radius 3 is 2.55 bits per heavy atom. The smallest absolute Gasteiger partial charge is 0.266 e. The van der Waals surface area contributed by atoms with Crippen LogP contribution in [0.5, 0.6) is 0 Å². The number of rotatable bonds is 7. The van der Waals surface area contributed by atoms with Gasteiger partial charge in [0.05, 0.1) is 0 Å². The zero-order valence-corrected chi connectivity index (χ0v) is 18.3. The largest absolute Gasteiger partial charge is 0.352 e. The second-order valence-electron chi connectivity index (χ2n) is 7.61. The van der Waals surface area contributed by atoms with E-state index in [1.165, 1.54) is 24.3 Å². The number of hydrogen-bond donors (Lipinski definition) is 3. The zero-order valence-electron chi connectivity index (χ0n) is 18.3. The number of aromatic nitrogens is 1. The standard InChI is InChI=1S/C25H23FN4O3/c1-15-21(16(2)29-25(33)22(15)13-27)10-11-23(31)28-14-17-4-3-5-20(12-17)30-24(32)18-6-8-19(26)9-7-18/h3-9,12H,10-11,14H2,1-2H3,(H,28,31)(H,29,33)(H,30,32). The minimum atomic E-state index is -0.424. The molecule has 2 amide bonds. The van der Waals surface area contributed by atoms with Crippen molar-refractivity contribution < 1.29 is 14.0 Å². The molecule has 168 valence electrons. The van der Waals surface area contributed by atoms with Crippen molar-refractivity contribution in [3.63, 3.8) is 0 Å². The molecule has 7 nitrogen and oxygen atoms in total. The summed E-state index contributed by atoms with van der Waals surface area (Å²) in [4.78, 5) is 39.1. The average Bonchev–Trinajstić information content (AvgIpc) is 2.78. The third-order valence-electron chi connectivity index (χ3n) is 5.30. The predicted octanol–water partition coefficient (Wildman–Crippen LogP) is 3.50. The van der Waals surface area contributed by atoms with E-state index in [-0.39, 0.29) is 30.3 Å². The molecule has 1 heterocycles. The van der Waals surface area contributed by atoms with Gasteiger partial charge >= 0.3 is 0 Å². The van der Waals surface area contributed by atoms with Crippen LogP contribution in [0.15, 0.2) is 53.3 Å². The van der Waals surface area contributed by atoms with Crippen molar-refractivity contribution in [2.24, 2.45) is 0 Å². The number of aromatic amines is 1. The first-order chi connectivity index (χ1) is 15.8. The minimum absolute atomic E-state index is 0.0653. The summed E-state index contributed by atoms with van der Waals surface area (Å²) in [7, 11) is 0. The van der Waals surface area contributed by atoms with Crippen molar-refractivity contribution in [2.75, 3.05) is 5.32 Å². The fourth-order valence-corrected chi connectivity index (χ4v) is 3.51. The number of pyridine rings is 1. The van der Waals surface area contributed by atoms with Crippen molar-refractivity contribution in [2.45, 2.75) is 33.2 Å². The van der Waals surface area contributed by atoms with E-state index in [0.29, 0.717) is 28.9 Å². The third kappa shape index (κ3) is 5.92.